The van der Waals surface area contributed by atoms with Crippen molar-refractivity contribution in [2.45, 2.75) is 6.92 Å². The van der Waals surface area contributed by atoms with Crippen LogP contribution in [0.3, 0.4) is 0 Å². The van der Waals surface area contributed by atoms with E-state index in [0.717, 1.165) is 17.2 Å². The second-order valence-corrected chi connectivity index (χ2v) is 5.19. The van der Waals surface area contributed by atoms with Gasteiger partial charge in [0.25, 0.3) is 0 Å². The number of carboxylic acid groups (broad SMARTS) is 1. The van der Waals surface area contributed by atoms with Crippen molar-refractivity contribution in [3.05, 3.63) is 75.3 Å². The van der Waals surface area contributed by atoms with Gasteiger partial charge in [-0.1, -0.05) is 59.1 Å². The number of halogens is 2. The molecule has 0 fully saturated rings. The van der Waals surface area contributed by atoms with Crippen LogP contribution in [0, 0.1) is 6.92 Å². The van der Waals surface area contributed by atoms with E-state index >= 15 is 0 Å². The third-order valence-corrected chi connectivity index (χ3v) is 3.56. The Bertz CT molecular complexity index is 691. The van der Waals surface area contributed by atoms with Crippen LogP contribution in [-0.4, -0.2) is 5.97 Å². The van der Waals surface area contributed by atoms with Crippen molar-refractivity contribution in [2.24, 2.45) is 0 Å². The summed E-state index contributed by atoms with van der Waals surface area (Å²) in [4.78, 5) is 10.9. The summed E-state index contributed by atoms with van der Waals surface area (Å²) in [5, 5.41) is 11.7. The fraction of sp³-hybridized carbons (Fsp3) is 0.0625. The van der Waals surface area contributed by atoms with Crippen LogP contribution in [0.1, 0.15) is 16.7 Å². The van der Waals surface area contributed by atoms with E-state index in [2.05, 4.69) is 0 Å². The average Bonchev–Trinajstić information content (AvgIpc) is 2.39. The number of rotatable bonds is 3. The van der Waals surface area contributed by atoms with Crippen molar-refractivity contribution in [3.8, 4) is 0 Å². The topological polar surface area (TPSA) is 40.1 Å². The van der Waals surface area contributed by atoms with Crippen LogP contribution in [0.25, 0.3) is 5.57 Å². The van der Waals surface area contributed by atoms with E-state index in [0.29, 0.717) is 21.2 Å². The number of aliphatic carboxylic acids is 1. The van der Waals surface area contributed by atoms with Gasteiger partial charge in [-0.3, -0.25) is 0 Å². The molecule has 2 rings (SSSR count). The first kappa shape index (κ1) is 14.6. The molecule has 0 radical (unpaired) electrons. The van der Waals surface area contributed by atoms with Crippen molar-refractivity contribution < 1.29 is 9.90 Å². The minimum absolute atomic E-state index is 0.376. The number of hydrogen-bond donors (Lipinski definition) is 0. The lowest BCUT2D eigenvalue weighted by atomic mass is 9.96. The maximum absolute atomic E-state index is 10.9. The quantitative estimate of drug-likeness (QED) is 0.815. The molecule has 0 saturated carbocycles. The summed E-state index contributed by atoms with van der Waals surface area (Å²) < 4.78 is 0. The maximum Gasteiger partial charge on any atom is 0.0649 e. The third-order valence-electron chi connectivity index (χ3n) is 2.82. The Balaban J connectivity index is 2.59. The van der Waals surface area contributed by atoms with Crippen molar-refractivity contribution >= 4 is 34.7 Å². The molecule has 0 heterocycles. The third kappa shape index (κ3) is 3.41. The number of benzene rings is 2. The van der Waals surface area contributed by atoms with E-state index < -0.39 is 5.97 Å². The summed E-state index contributed by atoms with van der Waals surface area (Å²) in [6.45, 7) is 1.94. The van der Waals surface area contributed by atoms with Gasteiger partial charge in [-0.05, 0) is 41.8 Å². The molecule has 0 unspecified atom stereocenters. The number of aryl methyl sites for hydroxylation is 1. The van der Waals surface area contributed by atoms with Gasteiger partial charge in [0, 0.05) is 0 Å². The molecule has 2 aromatic rings. The molecule has 0 saturated heterocycles. The highest BCUT2D eigenvalue weighted by Crippen LogP contribution is 2.29. The number of hydrogen-bond acceptors (Lipinski definition) is 2. The Kier molecular flexibility index (Phi) is 4.48. The highest BCUT2D eigenvalue weighted by atomic mass is 35.5. The van der Waals surface area contributed by atoms with Crippen LogP contribution in [0.15, 0.2) is 48.5 Å². The first-order chi connectivity index (χ1) is 9.47. The number of carboxylic acids is 1. The van der Waals surface area contributed by atoms with E-state index in [1.165, 1.54) is 0 Å². The average molecular weight is 306 g/mol. The van der Waals surface area contributed by atoms with E-state index in [4.69, 9.17) is 23.2 Å². The lowest BCUT2D eigenvalue weighted by molar-refractivity contribution is -0.297. The van der Waals surface area contributed by atoms with Crippen LogP contribution in [0.4, 0.5) is 0 Å². The SMILES string of the molecule is Cc1cccc(/C(=C/C(=O)[O-])c2ccc(Cl)c(Cl)c2)c1. The zero-order valence-corrected chi connectivity index (χ0v) is 12.2. The molecule has 0 aliphatic carbocycles. The van der Waals surface area contributed by atoms with Crippen LogP contribution in [0.5, 0.6) is 0 Å². The molecule has 4 heteroatoms. The first-order valence-electron chi connectivity index (χ1n) is 5.92. The molecule has 0 N–H and O–H groups in total. The predicted octanol–water partition coefficient (Wildman–Crippen LogP) is 3.48. The fourth-order valence-electron chi connectivity index (χ4n) is 1.93. The highest BCUT2D eigenvalue weighted by molar-refractivity contribution is 6.42. The first-order valence-corrected chi connectivity index (χ1v) is 6.68. The lowest BCUT2D eigenvalue weighted by Crippen LogP contribution is -2.19. The van der Waals surface area contributed by atoms with E-state index in [1.54, 1.807) is 18.2 Å². The van der Waals surface area contributed by atoms with Crippen molar-refractivity contribution in [1.29, 1.82) is 0 Å². The summed E-state index contributed by atoms with van der Waals surface area (Å²) in [5.74, 6) is -1.26. The minimum atomic E-state index is -1.26. The van der Waals surface area contributed by atoms with Crippen molar-refractivity contribution in [1.82, 2.24) is 0 Å². The van der Waals surface area contributed by atoms with Gasteiger partial charge in [0.1, 0.15) is 0 Å². The zero-order chi connectivity index (χ0) is 14.7. The van der Waals surface area contributed by atoms with Gasteiger partial charge in [-0.25, -0.2) is 0 Å². The smallest absolute Gasteiger partial charge is 0.0649 e. The van der Waals surface area contributed by atoms with E-state index in [-0.39, 0.29) is 0 Å². The van der Waals surface area contributed by atoms with Gasteiger partial charge in [-0.15, -0.1) is 0 Å². The maximum atomic E-state index is 10.9. The highest BCUT2D eigenvalue weighted by Gasteiger charge is 2.08. The Labute approximate surface area is 127 Å². The Hall–Kier alpha value is -1.77. The molecule has 0 aromatic heterocycles. The van der Waals surface area contributed by atoms with E-state index in [9.17, 15) is 9.90 Å². The molecule has 0 aliphatic rings. The van der Waals surface area contributed by atoms with Crippen LogP contribution in [0.2, 0.25) is 10.0 Å². The zero-order valence-electron chi connectivity index (χ0n) is 10.7. The molecule has 20 heavy (non-hydrogen) atoms. The van der Waals surface area contributed by atoms with Crippen LogP contribution >= 0.6 is 23.2 Å². The fourth-order valence-corrected chi connectivity index (χ4v) is 2.23. The summed E-state index contributed by atoms with van der Waals surface area (Å²) in [7, 11) is 0. The summed E-state index contributed by atoms with van der Waals surface area (Å²) >= 11 is 11.9. The van der Waals surface area contributed by atoms with Gasteiger partial charge in [-0.2, -0.15) is 0 Å². The molecule has 0 aliphatic heterocycles. The van der Waals surface area contributed by atoms with E-state index in [1.807, 2.05) is 31.2 Å². The predicted molar refractivity (Wildman–Crippen MR) is 79.7 cm³/mol. The summed E-state index contributed by atoms with van der Waals surface area (Å²) in [6.07, 6.45) is 1.06. The molecule has 0 spiro atoms. The lowest BCUT2D eigenvalue weighted by Gasteiger charge is -2.11. The molecule has 0 amide bonds. The van der Waals surface area contributed by atoms with Crippen molar-refractivity contribution in [3.63, 3.8) is 0 Å². The summed E-state index contributed by atoms with van der Waals surface area (Å²) in [6, 6.07) is 12.5. The van der Waals surface area contributed by atoms with Gasteiger partial charge < -0.3 is 9.90 Å². The van der Waals surface area contributed by atoms with Gasteiger partial charge >= 0.3 is 0 Å². The molecule has 0 bridgehead atoms. The second-order valence-electron chi connectivity index (χ2n) is 4.38. The van der Waals surface area contributed by atoms with Gasteiger partial charge in [0.05, 0.1) is 16.0 Å². The molecular weight excluding hydrogens is 295 g/mol. The summed E-state index contributed by atoms with van der Waals surface area (Å²) in [5.41, 5.74) is 3.03. The molecular formula is C16H11Cl2O2-. The number of carbonyl (C=O) groups excluding carboxylic acids is 1. The molecule has 2 aromatic carbocycles. The normalized spacial score (nSPS) is 11.4. The second kappa shape index (κ2) is 6.12. The number of carbonyl (C=O) groups is 1. The van der Waals surface area contributed by atoms with Gasteiger partial charge in [0.2, 0.25) is 0 Å². The van der Waals surface area contributed by atoms with Crippen LogP contribution in [-0.2, 0) is 4.79 Å². The molecule has 0 atom stereocenters. The largest absolute Gasteiger partial charge is 0.545 e. The Morgan fingerprint density at radius 1 is 1.05 bits per heavy atom. The molecule has 102 valence electrons. The Morgan fingerprint density at radius 3 is 2.35 bits per heavy atom. The van der Waals surface area contributed by atoms with Gasteiger partial charge in [0.15, 0.2) is 0 Å². The molecule has 2 nitrogen and oxygen atoms in total. The monoisotopic (exact) mass is 305 g/mol. The standard InChI is InChI=1S/C16H12Cl2O2/c1-10-3-2-4-11(7-10)13(9-16(19)20)12-5-6-14(17)15(18)8-12/h2-9H,1H3,(H,19,20)/p-1/b13-9-. The van der Waals surface area contributed by atoms with Crippen LogP contribution < -0.4 is 5.11 Å². The minimum Gasteiger partial charge on any atom is -0.545 e. The Morgan fingerprint density at radius 2 is 1.75 bits per heavy atom. The van der Waals surface area contributed by atoms with Crippen molar-refractivity contribution in [2.75, 3.05) is 0 Å².